The molecule has 1 saturated carbocycles. The van der Waals surface area contributed by atoms with Crippen molar-refractivity contribution >= 4 is 11.8 Å². The minimum Gasteiger partial charge on any atom is -0.396 e. The molecule has 0 aromatic rings. The van der Waals surface area contributed by atoms with Crippen molar-refractivity contribution in [2.24, 2.45) is 5.41 Å². The molecule has 0 aromatic carbocycles. The van der Waals surface area contributed by atoms with Crippen LogP contribution in [0.1, 0.15) is 33.6 Å². The van der Waals surface area contributed by atoms with Crippen LogP contribution < -0.4 is 5.32 Å². The number of hydrogen-bond acceptors (Lipinski definition) is 4. The van der Waals surface area contributed by atoms with E-state index in [4.69, 9.17) is 9.84 Å². The fraction of sp³-hybridized carbons (Fsp3) is 1.00. The Morgan fingerprint density at radius 2 is 2.18 bits per heavy atom. The number of hydrogen-bond donors (Lipinski definition) is 2. The van der Waals surface area contributed by atoms with Gasteiger partial charge in [0, 0.05) is 37.0 Å². The van der Waals surface area contributed by atoms with Gasteiger partial charge >= 0.3 is 0 Å². The molecular formula is C13H27NO2S. The number of aliphatic hydroxyl groups excluding tert-OH is 1. The Balaban J connectivity index is 2.05. The molecule has 0 spiro atoms. The zero-order valence-electron chi connectivity index (χ0n) is 11.4. The second-order valence-corrected chi connectivity index (χ2v) is 6.42. The monoisotopic (exact) mass is 261 g/mol. The second-order valence-electron chi connectivity index (χ2n) is 5.20. The molecule has 1 aliphatic rings. The van der Waals surface area contributed by atoms with Crippen LogP contribution in [0.15, 0.2) is 0 Å². The van der Waals surface area contributed by atoms with E-state index in [9.17, 15) is 0 Å². The van der Waals surface area contributed by atoms with Crippen molar-refractivity contribution in [1.29, 1.82) is 0 Å². The van der Waals surface area contributed by atoms with E-state index in [2.05, 4.69) is 26.1 Å². The molecule has 2 N–H and O–H groups in total. The van der Waals surface area contributed by atoms with Crippen molar-refractivity contribution in [3.05, 3.63) is 0 Å². The van der Waals surface area contributed by atoms with Crippen molar-refractivity contribution in [2.75, 3.05) is 31.3 Å². The lowest BCUT2D eigenvalue weighted by Crippen LogP contribution is -2.61. The Morgan fingerprint density at radius 1 is 1.41 bits per heavy atom. The van der Waals surface area contributed by atoms with Crippen LogP contribution in [0.3, 0.4) is 0 Å². The predicted molar refractivity (Wildman–Crippen MR) is 74.6 cm³/mol. The van der Waals surface area contributed by atoms with Gasteiger partial charge in [-0.25, -0.2) is 0 Å². The van der Waals surface area contributed by atoms with E-state index in [0.717, 1.165) is 37.5 Å². The highest BCUT2D eigenvalue weighted by Gasteiger charge is 2.48. The summed E-state index contributed by atoms with van der Waals surface area (Å²) < 4.78 is 5.71. The molecule has 1 rings (SSSR count). The second kappa shape index (κ2) is 7.62. The van der Waals surface area contributed by atoms with Crippen molar-refractivity contribution < 1.29 is 9.84 Å². The van der Waals surface area contributed by atoms with E-state index < -0.39 is 0 Å². The lowest BCUT2D eigenvalue weighted by atomic mass is 9.64. The van der Waals surface area contributed by atoms with Gasteiger partial charge in [-0.1, -0.05) is 13.8 Å². The predicted octanol–water partition coefficient (Wildman–Crippen LogP) is 1.90. The first-order valence-corrected chi connectivity index (χ1v) is 7.82. The van der Waals surface area contributed by atoms with Crippen LogP contribution in [-0.2, 0) is 4.74 Å². The molecule has 1 aliphatic carbocycles. The lowest BCUT2D eigenvalue weighted by molar-refractivity contribution is -0.113. The Morgan fingerprint density at radius 3 is 2.76 bits per heavy atom. The first-order chi connectivity index (χ1) is 8.12. The highest BCUT2D eigenvalue weighted by molar-refractivity contribution is 7.99. The minimum absolute atomic E-state index is 0.270. The molecule has 102 valence electrons. The molecule has 17 heavy (non-hydrogen) atoms. The standard InChI is InChI=1S/C13H27NO2S/c1-4-16-12-10-11(13(12,2)3)14-6-9-17-8-5-7-15/h11-12,14-15H,4-10H2,1-3H3. The summed E-state index contributed by atoms with van der Waals surface area (Å²) in [4.78, 5) is 0. The molecule has 0 radical (unpaired) electrons. The quantitative estimate of drug-likeness (QED) is 0.622. The molecule has 0 heterocycles. The molecule has 1 fully saturated rings. The molecule has 2 unspecified atom stereocenters. The first kappa shape index (κ1) is 15.3. The number of rotatable bonds is 9. The van der Waals surface area contributed by atoms with Crippen LogP contribution in [0.5, 0.6) is 0 Å². The van der Waals surface area contributed by atoms with E-state index in [0.29, 0.717) is 18.8 Å². The fourth-order valence-electron chi connectivity index (χ4n) is 2.29. The number of nitrogens with one attached hydrogen (secondary N) is 1. The maximum Gasteiger partial charge on any atom is 0.0655 e. The zero-order chi connectivity index (χ0) is 12.7. The molecule has 0 saturated heterocycles. The van der Waals surface area contributed by atoms with E-state index in [1.807, 2.05) is 11.8 Å². The SMILES string of the molecule is CCOC1CC(NCCSCCCO)C1(C)C. The summed E-state index contributed by atoms with van der Waals surface area (Å²) in [6, 6.07) is 0.595. The third kappa shape index (κ3) is 4.43. The van der Waals surface area contributed by atoms with Gasteiger partial charge in [0.15, 0.2) is 0 Å². The van der Waals surface area contributed by atoms with E-state index in [1.165, 1.54) is 0 Å². The normalized spacial score (nSPS) is 26.8. The summed E-state index contributed by atoms with van der Waals surface area (Å²) in [6.07, 6.45) is 2.47. The van der Waals surface area contributed by atoms with Gasteiger partial charge in [0.05, 0.1) is 6.10 Å². The highest BCUT2D eigenvalue weighted by atomic mass is 32.2. The van der Waals surface area contributed by atoms with E-state index >= 15 is 0 Å². The van der Waals surface area contributed by atoms with Crippen LogP contribution in [0.25, 0.3) is 0 Å². The van der Waals surface area contributed by atoms with Crippen LogP contribution in [0, 0.1) is 5.41 Å². The van der Waals surface area contributed by atoms with Crippen molar-refractivity contribution in [3.63, 3.8) is 0 Å². The summed E-state index contributed by atoms with van der Waals surface area (Å²) in [5.74, 6) is 2.19. The average molecular weight is 261 g/mol. The molecule has 0 aromatic heterocycles. The molecule has 0 bridgehead atoms. The minimum atomic E-state index is 0.270. The molecule has 3 nitrogen and oxygen atoms in total. The van der Waals surface area contributed by atoms with Gasteiger partial charge in [-0.3, -0.25) is 0 Å². The van der Waals surface area contributed by atoms with Crippen LogP contribution >= 0.6 is 11.8 Å². The molecule has 2 atom stereocenters. The third-order valence-corrected chi connectivity index (χ3v) is 4.70. The summed E-state index contributed by atoms with van der Waals surface area (Å²) in [6.45, 7) is 8.82. The van der Waals surface area contributed by atoms with Gasteiger partial charge in [-0.05, 0) is 25.5 Å². The Labute approximate surface area is 110 Å². The third-order valence-electron chi connectivity index (χ3n) is 3.63. The van der Waals surface area contributed by atoms with Crippen molar-refractivity contribution in [3.8, 4) is 0 Å². The fourth-order valence-corrected chi connectivity index (χ4v) is 3.09. The topological polar surface area (TPSA) is 41.5 Å². The van der Waals surface area contributed by atoms with E-state index in [-0.39, 0.29) is 5.41 Å². The Kier molecular flexibility index (Phi) is 6.85. The van der Waals surface area contributed by atoms with Crippen molar-refractivity contribution in [1.82, 2.24) is 5.32 Å². The number of thioether (sulfide) groups is 1. The summed E-state index contributed by atoms with van der Waals surface area (Å²) in [5.41, 5.74) is 0.270. The van der Waals surface area contributed by atoms with Crippen molar-refractivity contribution in [2.45, 2.75) is 45.8 Å². The number of ether oxygens (including phenoxy) is 1. The Hall–Kier alpha value is 0.230. The van der Waals surface area contributed by atoms with Crippen LogP contribution in [0.4, 0.5) is 0 Å². The maximum absolute atomic E-state index is 8.66. The number of aliphatic hydroxyl groups is 1. The van der Waals surface area contributed by atoms with Gasteiger partial charge in [0.25, 0.3) is 0 Å². The lowest BCUT2D eigenvalue weighted by Gasteiger charge is -2.52. The molecule has 0 aliphatic heterocycles. The Bertz CT molecular complexity index is 212. The summed E-state index contributed by atoms with van der Waals surface area (Å²) >= 11 is 1.91. The first-order valence-electron chi connectivity index (χ1n) is 6.66. The van der Waals surface area contributed by atoms with Gasteiger partial charge in [-0.2, -0.15) is 11.8 Å². The summed E-state index contributed by atoms with van der Waals surface area (Å²) in [7, 11) is 0. The van der Waals surface area contributed by atoms with Gasteiger partial charge in [0.2, 0.25) is 0 Å². The maximum atomic E-state index is 8.66. The van der Waals surface area contributed by atoms with Crippen LogP contribution in [0.2, 0.25) is 0 Å². The van der Waals surface area contributed by atoms with Gasteiger partial charge in [0.1, 0.15) is 0 Å². The highest BCUT2D eigenvalue weighted by Crippen LogP contribution is 2.42. The molecular weight excluding hydrogens is 234 g/mol. The zero-order valence-corrected chi connectivity index (χ0v) is 12.2. The largest absolute Gasteiger partial charge is 0.396 e. The van der Waals surface area contributed by atoms with E-state index in [1.54, 1.807) is 0 Å². The summed E-state index contributed by atoms with van der Waals surface area (Å²) in [5, 5.41) is 12.3. The molecule has 0 amide bonds. The average Bonchev–Trinajstić information content (AvgIpc) is 2.31. The smallest absolute Gasteiger partial charge is 0.0655 e. The van der Waals surface area contributed by atoms with Crippen LogP contribution in [-0.4, -0.2) is 48.5 Å². The van der Waals surface area contributed by atoms with Gasteiger partial charge < -0.3 is 15.2 Å². The molecule has 4 heteroatoms. The van der Waals surface area contributed by atoms with Gasteiger partial charge in [-0.15, -0.1) is 0 Å².